The van der Waals surface area contributed by atoms with Crippen molar-refractivity contribution in [3.05, 3.63) is 35.9 Å². The highest BCUT2D eigenvalue weighted by molar-refractivity contribution is 5.97. The van der Waals surface area contributed by atoms with Crippen LogP contribution in [0.4, 0.5) is 0 Å². The summed E-state index contributed by atoms with van der Waals surface area (Å²) in [7, 11) is 1.25. The molecule has 0 saturated carbocycles. The van der Waals surface area contributed by atoms with Crippen molar-refractivity contribution in [2.45, 2.75) is 18.9 Å². The van der Waals surface area contributed by atoms with Gasteiger partial charge in [-0.3, -0.25) is 14.4 Å². The van der Waals surface area contributed by atoms with E-state index in [1.165, 1.54) is 7.11 Å². The minimum Gasteiger partial charge on any atom is -0.469 e. The molecule has 0 aliphatic carbocycles. The van der Waals surface area contributed by atoms with Crippen LogP contribution < -0.4 is 11.1 Å². The van der Waals surface area contributed by atoms with Crippen molar-refractivity contribution in [3.63, 3.8) is 0 Å². The molecule has 0 saturated heterocycles. The highest BCUT2D eigenvalue weighted by Crippen LogP contribution is 2.03. The van der Waals surface area contributed by atoms with E-state index >= 15 is 0 Å². The molecule has 3 N–H and O–H groups in total. The molecule has 0 spiro atoms. The highest BCUT2D eigenvalue weighted by Gasteiger charge is 2.20. The van der Waals surface area contributed by atoms with Gasteiger partial charge in [-0.05, 0) is 18.6 Å². The van der Waals surface area contributed by atoms with Crippen LogP contribution in [0.15, 0.2) is 30.3 Å². The van der Waals surface area contributed by atoms with Crippen LogP contribution in [0.5, 0.6) is 0 Å². The Kier molecular flexibility index (Phi) is 5.53. The molecule has 0 unspecified atom stereocenters. The number of primary amides is 1. The third-order valence-electron chi connectivity index (χ3n) is 2.55. The van der Waals surface area contributed by atoms with Crippen LogP contribution in [0.1, 0.15) is 23.2 Å². The Balaban J connectivity index is 2.61. The number of rotatable bonds is 6. The number of hydrogen-bond acceptors (Lipinski definition) is 4. The van der Waals surface area contributed by atoms with Crippen molar-refractivity contribution >= 4 is 17.8 Å². The summed E-state index contributed by atoms with van der Waals surface area (Å²) in [6.07, 6.45) is 0.125. The fourth-order valence-corrected chi connectivity index (χ4v) is 1.48. The maximum absolute atomic E-state index is 11.8. The fraction of sp³-hybridized carbons (Fsp3) is 0.308. The molecule has 6 nitrogen and oxygen atoms in total. The Hall–Kier alpha value is -2.37. The Morgan fingerprint density at radius 2 is 1.89 bits per heavy atom. The fourth-order valence-electron chi connectivity index (χ4n) is 1.48. The first-order valence-electron chi connectivity index (χ1n) is 5.76. The first kappa shape index (κ1) is 14.7. The van der Waals surface area contributed by atoms with Gasteiger partial charge in [0.15, 0.2) is 0 Å². The van der Waals surface area contributed by atoms with Crippen molar-refractivity contribution < 1.29 is 19.1 Å². The first-order chi connectivity index (χ1) is 9.04. The van der Waals surface area contributed by atoms with Crippen LogP contribution >= 0.6 is 0 Å². The smallest absolute Gasteiger partial charge is 0.305 e. The number of amides is 2. The van der Waals surface area contributed by atoms with E-state index in [4.69, 9.17) is 5.73 Å². The molecule has 1 aromatic rings. The maximum atomic E-state index is 11.8. The lowest BCUT2D eigenvalue weighted by atomic mass is 10.1. The predicted octanol–water partition coefficient (Wildman–Crippen LogP) is 0.223. The number of benzene rings is 1. The average Bonchev–Trinajstić information content (AvgIpc) is 2.43. The summed E-state index contributed by atoms with van der Waals surface area (Å²) in [5.74, 6) is -1.55. The summed E-state index contributed by atoms with van der Waals surface area (Å²) in [6.45, 7) is 0. The largest absolute Gasteiger partial charge is 0.469 e. The van der Waals surface area contributed by atoms with Gasteiger partial charge in [-0.1, -0.05) is 18.2 Å². The number of carbonyl (C=O) groups excluding carboxylic acids is 3. The van der Waals surface area contributed by atoms with Crippen LogP contribution in [0.3, 0.4) is 0 Å². The molecular weight excluding hydrogens is 248 g/mol. The van der Waals surface area contributed by atoms with Gasteiger partial charge >= 0.3 is 5.97 Å². The molecule has 0 radical (unpaired) electrons. The van der Waals surface area contributed by atoms with Crippen molar-refractivity contribution in [1.29, 1.82) is 0 Å². The van der Waals surface area contributed by atoms with E-state index < -0.39 is 23.8 Å². The molecule has 0 heterocycles. The van der Waals surface area contributed by atoms with Gasteiger partial charge in [-0.15, -0.1) is 0 Å². The summed E-state index contributed by atoms with van der Waals surface area (Å²) < 4.78 is 4.47. The number of nitrogens with one attached hydrogen (secondary N) is 1. The Bertz CT molecular complexity index is 459. The van der Waals surface area contributed by atoms with E-state index in [1.807, 2.05) is 0 Å². The number of esters is 1. The molecule has 0 fully saturated rings. The standard InChI is InChI=1S/C13H16N2O4/c1-19-11(16)8-7-10(12(14)17)15-13(18)9-5-3-2-4-6-9/h2-6,10H,7-8H2,1H3,(H2,14,17)(H,15,18)/t10-/m0/s1. The van der Waals surface area contributed by atoms with Gasteiger partial charge in [0.25, 0.3) is 5.91 Å². The lowest BCUT2D eigenvalue weighted by molar-refractivity contribution is -0.140. The quantitative estimate of drug-likeness (QED) is 0.718. The van der Waals surface area contributed by atoms with Gasteiger partial charge in [0.2, 0.25) is 5.91 Å². The number of hydrogen-bond donors (Lipinski definition) is 2. The van der Waals surface area contributed by atoms with Crippen molar-refractivity contribution in [2.24, 2.45) is 5.73 Å². The van der Waals surface area contributed by atoms with E-state index in [9.17, 15) is 14.4 Å². The van der Waals surface area contributed by atoms with Crippen LogP contribution in [0.25, 0.3) is 0 Å². The zero-order valence-electron chi connectivity index (χ0n) is 10.6. The van der Waals surface area contributed by atoms with E-state index in [-0.39, 0.29) is 12.8 Å². The number of methoxy groups -OCH3 is 1. The minimum atomic E-state index is -0.896. The molecule has 0 bridgehead atoms. The van der Waals surface area contributed by atoms with Gasteiger partial charge in [-0.25, -0.2) is 0 Å². The first-order valence-corrected chi connectivity index (χ1v) is 5.76. The zero-order chi connectivity index (χ0) is 14.3. The normalized spacial score (nSPS) is 11.4. The van der Waals surface area contributed by atoms with E-state index in [1.54, 1.807) is 30.3 Å². The van der Waals surface area contributed by atoms with Gasteiger partial charge in [0, 0.05) is 12.0 Å². The number of ether oxygens (including phenoxy) is 1. The molecule has 1 rings (SSSR count). The second-order valence-electron chi connectivity index (χ2n) is 3.91. The SMILES string of the molecule is COC(=O)CC[C@H](NC(=O)c1ccccc1)C(N)=O. The third-order valence-corrected chi connectivity index (χ3v) is 2.55. The Labute approximate surface area is 110 Å². The molecule has 0 aromatic heterocycles. The van der Waals surface area contributed by atoms with E-state index in [2.05, 4.69) is 10.1 Å². The number of nitrogens with two attached hydrogens (primary N) is 1. The highest BCUT2D eigenvalue weighted by atomic mass is 16.5. The van der Waals surface area contributed by atoms with Crippen LogP contribution in [-0.2, 0) is 14.3 Å². The second kappa shape index (κ2) is 7.15. The Morgan fingerprint density at radius 1 is 1.26 bits per heavy atom. The average molecular weight is 264 g/mol. The Morgan fingerprint density at radius 3 is 2.42 bits per heavy atom. The molecule has 0 aliphatic heterocycles. The van der Waals surface area contributed by atoms with Gasteiger partial charge < -0.3 is 15.8 Å². The van der Waals surface area contributed by atoms with Crippen LogP contribution in [0.2, 0.25) is 0 Å². The maximum Gasteiger partial charge on any atom is 0.305 e. The summed E-state index contributed by atoms with van der Waals surface area (Å²) in [4.78, 5) is 34.1. The summed E-state index contributed by atoms with van der Waals surface area (Å²) in [5, 5.41) is 2.49. The molecule has 6 heteroatoms. The molecule has 102 valence electrons. The number of carbonyl (C=O) groups is 3. The third kappa shape index (κ3) is 4.79. The summed E-state index contributed by atoms with van der Waals surface area (Å²) in [5.41, 5.74) is 5.61. The molecular formula is C13H16N2O4. The topological polar surface area (TPSA) is 98.5 Å². The van der Waals surface area contributed by atoms with E-state index in [0.717, 1.165) is 0 Å². The second-order valence-corrected chi connectivity index (χ2v) is 3.91. The predicted molar refractivity (Wildman–Crippen MR) is 68.1 cm³/mol. The zero-order valence-corrected chi connectivity index (χ0v) is 10.6. The lowest BCUT2D eigenvalue weighted by Crippen LogP contribution is -2.44. The molecule has 1 aromatic carbocycles. The summed E-state index contributed by atoms with van der Waals surface area (Å²) in [6, 6.07) is 7.54. The summed E-state index contributed by atoms with van der Waals surface area (Å²) >= 11 is 0. The van der Waals surface area contributed by atoms with Gasteiger partial charge in [0.1, 0.15) is 6.04 Å². The van der Waals surface area contributed by atoms with Crippen molar-refractivity contribution in [3.8, 4) is 0 Å². The van der Waals surface area contributed by atoms with Crippen molar-refractivity contribution in [1.82, 2.24) is 5.32 Å². The van der Waals surface area contributed by atoms with Crippen LogP contribution in [-0.4, -0.2) is 30.9 Å². The van der Waals surface area contributed by atoms with Crippen LogP contribution in [0, 0.1) is 0 Å². The monoisotopic (exact) mass is 264 g/mol. The van der Waals surface area contributed by atoms with Gasteiger partial charge in [0.05, 0.1) is 7.11 Å². The van der Waals surface area contributed by atoms with E-state index in [0.29, 0.717) is 5.56 Å². The molecule has 2 amide bonds. The van der Waals surface area contributed by atoms with Gasteiger partial charge in [-0.2, -0.15) is 0 Å². The molecule has 19 heavy (non-hydrogen) atoms. The van der Waals surface area contributed by atoms with Crippen molar-refractivity contribution in [2.75, 3.05) is 7.11 Å². The minimum absolute atomic E-state index is 0.0131. The molecule has 1 atom stereocenters. The lowest BCUT2D eigenvalue weighted by Gasteiger charge is -2.14. The molecule has 0 aliphatic rings.